The number of rotatable bonds is 9. The SMILES string of the molecule is Cc1cc(OCc2nnc(SC3(S)C(S)(S)C(S)(S)C(S)(S)C3(S)S)n2-c2cccnc2)ccc1C#CCNC1CCN(C(C)C)CC1. The average molecular weight is 833 g/mol. The largest absolute Gasteiger partial charge is 0.486 e. The van der Waals surface area contributed by atoms with E-state index in [2.05, 4.69) is 51.1 Å². The molecule has 2 aromatic heterocycles. The number of aryl methyl sites for hydroxylation is 1. The number of aromatic nitrogens is 4. The van der Waals surface area contributed by atoms with Gasteiger partial charge in [0, 0.05) is 23.8 Å². The zero-order chi connectivity index (χ0) is 35.1. The third-order valence-electron chi connectivity index (χ3n) is 8.77. The van der Waals surface area contributed by atoms with Crippen LogP contribution in [-0.2, 0) is 6.61 Å². The Morgan fingerprint density at radius 1 is 0.958 bits per heavy atom. The molecule has 0 bridgehead atoms. The molecule has 0 unspecified atom stereocenters. The lowest BCUT2D eigenvalue weighted by molar-refractivity contribution is 0.163. The molecule has 0 radical (unpaired) electrons. The van der Waals surface area contributed by atoms with Crippen molar-refractivity contribution in [2.24, 2.45) is 0 Å². The van der Waals surface area contributed by atoms with Crippen molar-refractivity contribution in [3.63, 3.8) is 0 Å². The number of hydrogen-bond donors (Lipinski definition) is 10. The van der Waals surface area contributed by atoms with Gasteiger partial charge in [0.25, 0.3) is 0 Å². The van der Waals surface area contributed by atoms with Gasteiger partial charge >= 0.3 is 0 Å². The third kappa shape index (κ3) is 7.27. The molecule has 1 aliphatic heterocycles. The van der Waals surface area contributed by atoms with Crippen LogP contribution in [0.15, 0.2) is 47.9 Å². The molecule has 2 fully saturated rings. The van der Waals surface area contributed by atoms with Crippen LogP contribution < -0.4 is 10.1 Å². The quantitative estimate of drug-likeness (QED) is 0.0705. The van der Waals surface area contributed by atoms with E-state index in [-0.39, 0.29) is 6.61 Å². The van der Waals surface area contributed by atoms with Crippen molar-refractivity contribution in [2.75, 3.05) is 19.6 Å². The van der Waals surface area contributed by atoms with Crippen LogP contribution in [-0.4, -0.2) is 76.8 Å². The first-order chi connectivity index (χ1) is 22.4. The van der Waals surface area contributed by atoms with E-state index in [1.54, 1.807) is 12.4 Å². The number of ether oxygens (including phenoxy) is 1. The highest BCUT2D eigenvalue weighted by molar-refractivity contribution is 8.21. The Kier molecular flexibility index (Phi) is 12.6. The topological polar surface area (TPSA) is 68.1 Å². The summed E-state index contributed by atoms with van der Waals surface area (Å²) in [6.07, 6.45) is 5.72. The van der Waals surface area contributed by atoms with Gasteiger partial charge in [-0.1, -0.05) is 23.6 Å². The Hall–Kier alpha value is 0.290. The van der Waals surface area contributed by atoms with Gasteiger partial charge < -0.3 is 15.0 Å². The molecule has 2 aliphatic rings. The van der Waals surface area contributed by atoms with Crippen molar-refractivity contribution in [3.8, 4) is 23.3 Å². The smallest absolute Gasteiger partial charge is 0.197 e. The Balaban J connectivity index is 1.31. The zero-order valence-electron chi connectivity index (χ0n) is 26.5. The normalized spacial score (nSPS) is 21.2. The molecule has 0 spiro atoms. The molecule has 0 amide bonds. The predicted octanol–water partition coefficient (Wildman–Crippen LogP) is 6.32. The van der Waals surface area contributed by atoms with E-state index in [1.165, 1.54) is 11.8 Å². The van der Waals surface area contributed by atoms with Crippen LogP contribution in [0.5, 0.6) is 5.75 Å². The Morgan fingerprint density at radius 2 is 1.62 bits per heavy atom. The summed E-state index contributed by atoms with van der Waals surface area (Å²) in [6.45, 7) is 9.60. The van der Waals surface area contributed by atoms with Gasteiger partial charge in [-0.15, -0.1) is 10.2 Å². The summed E-state index contributed by atoms with van der Waals surface area (Å²) >= 11 is 44.8. The second-order valence-electron chi connectivity index (χ2n) is 12.2. The standard InChI is InChI=1S/C31H40N6OS10/c1-19(2)36-14-10-22(11-15-36)33-13-4-6-21-8-9-24(16-20(21)3)38-18-25-34-35-26(37(25)23-7-5-12-32-17-23)48-31(47)29(43,44)27(39,40)28(41,42)30(31,45)46/h5,7-9,12,16-17,19,22,33,39-47H,10-11,13-15,18H2,1-3H3. The van der Waals surface area contributed by atoms with Gasteiger partial charge in [-0.05, 0) is 82.6 Å². The lowest BCUT2D eigenvalue weighted by Crippen LogP contribution is -2.49. The summed E-state index contributed by atoms with van der Waals surface area (Å²) in [5.41, 5.74) is 2.71. The van der Waals surface area contributed by atoms with E-state index in [0.29, 0.717) is 35.4 Å². The molecule has 1 saturated carbocycles. The molecule has 5 rings (SSSR count). The molecule has 260 valence electrons. The molecule has 1 N–H and O–H groups in total. The minimum absolute atomic E-state index is 0.123. The van der Waals surface area contributed by atoms with Crippen molar-refractivity contribution in [1.82, 2.24) is 30.0 Å². The highest BCUT2D eigenvalue weighted by atomic mass is 32.2. The number of hydrogen-bond acceptors (Lipinski definition) is 16. The van der Waals surface area contributed by atoms with Crippen molar-refractivity contribution < 1.29 is 4.74 Å². The van der Waals surface area contributed by atoms with Crippen LogP contribution in [0.4, 0.5) is 0 Å². The summed E-state index contributed by atoms with van der Waals surface area (Å²) in [5, 5.41) is 13.1. The monoisotopic (exact) mass is 832 g/mol. The first-order valence-corrected chi connectivity index (χ1v) is 20.0. The molecule has 1 aromatic carbocycles. The Morgan fingerprint density at radius 3 is 2.21 bits per heavy atom. The van der Waals surface area contributed by atoms with Gasteiger partial charge in [-0.3, -0.25) is 9.55 Å². The summed E-state index contributed by atoms with van der Waals surface area (Å²) < 4.78 is 1.49. The van der Waals surface area contributed by atoms with Crippen LogP contribution in [0.1, 0.15) is 43.6 Å². The highest BCUT2D eigenvalue weighted by Gasteiger charge is 2.81. The van der Waals surface area contributed by atoms with Crippen LogP contribution >= 0.6 is 125 Å². The maximum absolute atomic E-state index is 6.23. The van der Waals surface area contributed by atoms with Crippen LogP contribution in [0.3, 0.4) is 0 Å². The molecule has 1 aliphatic carbocycles. The maximum atomic E-state index is 6.23. The van der Waals surface area contributed by atoms with Gasteiger partial charge in [0.1, 0.15) is 32.8 Å². The molecule has 7 nitrogen and oxygen atoms in total. The summed E-state index contributed by atoms with van der Waals surface area (Å²) in [6, 6.07) is 10.7. The van der Waals surface area contributed by atoms with Gasteiger partial charge in [-0.2, -0.15) is 114 Å². The Labute approximate surface area is 337 Å². The number of nitrogens with zero attached hydrogens (tertiary/aromatic N) is 5. The second kappa shape index (κ2) is 15.3. The molecule has 3 aromatic rings. The summed E-state index contributed by atoms with van der Waals surface area (Å²) in [5.74, 6) is 7.82. The predicted molar refractivity (Wildman–Crippen MR) is 230 cm³/mol. The van der Waals surface area contributed by atoms with E-state index in [0.717, 1.165) is 42.7 Å². The van der Waals surface area contributed by atoms with Crippen molar-refractivity contribution >= 4 is 125 Å². The number of thiol groups is 9. The van der Waals surface area contributed by atoms with Gasteiger partial charge in [-0.25, -0.2) is 0 Å². The molecule has 0 atom stereocenters. The number of thioether (sulfide) groups is 1. The molecular weight excluding hydrogens is 793 g/mol. The second-order valence-corrected chi connectivity index (χ2v) is 21.2. The summed E-state index contributed by atoms with van der Waals surface area (Å²) in [4.78, 5) is 6.84. The van der Waals surface area contributed by atoms with Crippen LogP contribution in [0.2, 0.25) is 0 Å². The minimum Gasteiger partial charge on any atom is -0.486 e. The molecule has 17 heteroatoms. The average Bonchev–Trinajstić information content (AvgIpc) is 3.46. The molecule has 3 heterocycles. The minimum atomic E-state index is -1.33. The van der Waals surface area contributed by atoms with Crippen LogP contribution in [0.25, 0.3) is 5.69 Å². The first-order valence-electron chi connectivity index (χ1n) is 15.2. The first kappa shape index (κ1) is 39.5. The fourth-order valence-corrected chi connectivity index (χ4v) is 12.4. The lowest BCUT2D eigenvalue weighted by atomic mass is 10.0. The number of pyridine rings is 1. The lowest BCUT2D eigenvalue weighted by Gasteiger charge is -2.43. The van der Waals surface area contributed by atoms with Crippen LogP contribution in [0, 0.1) is 18.8 Å². The zero-order valence-corrected chi connectivity index (χ0v) is 35.4. The highest BCUT2D eigenvalue weighted by Crippen LogP contribution is 2.78. The summed E-state index contributed by atoms with van der Waals surface area (Å²) in [7, 11) is 0. The van der Waals surface area contributed by atoms with Gasteiger partial charge in [0.2, 0.25) is 0 Å². The Bertz CT molecular complexity index is 1640. The third-order valence-corrected chi connectivity index (χ3v) is 19.9. The van der Waals surface area contributed by atoms with Crippen molar-refractivity contribution in [3.05, 3.63) is 59.7 Å². The fraction of sp³-hybridized carbons (Fsp3) is 0.516. The molecular formula is C31H40N6OS10. The van der Waals surface area contributed by atoms with E-state index in [9.17, 15) is 0 Å². The van der Waals surface area contributed by atoms with Gasteiger partial charge in [0.15, 0.2) is 11.0 Å². The number of nitrogens with one attached hydrogen (secondary N) is 1. The van der Waals surface area contributed by atoms with Crippen molar-refractivity contribution in [2.45, 2.75) is 77.9 Å². The van der Waals surface area contributed by atoms with E-state index in [1.807, 2.05) is 41.8 Å². The molecule has 1 saturated heterocycles. The van der Waals surface area contributed by atoms with Crippen molar-refractivity contribution in [1.29, 1.82) is 0 Å². The molecule has 48 heavy (non-hydrogen) atoms. The fourth-order valence-electron chi connectivity index (χ4n) is 5.65. The van der Waals surface area contributed by atoms with Gasteiger partial charge in [0.05, 0.1) is 18.4 Å². The van der Waals surface area contributed by atoms with E-state index in [4.69, 9.17) is 118 Å². The number of likely N-dealkylation sites (tertiary alicyclic amines) is 1. The maximum Gasteiger partial charge on any atom is 0.197 e. The number of benzene rings is 1. The number of piperidine rings is 1. The van der Waals surface area contributed by atoms with E-state index >= 15 is 0 Å². The van der Waals surface area contributed by atoms with E-state index < -0.39 is 20.4 Å².